The highest BCUT2D eigenvalue weighted by Crippen LogP contribution is 2.23. The quantitative estimate of drug-likeness (QED) is 0.743. The molecule has 0 radical (unpaired) electrons. The molecule has 0 heterocycles. The molecule has 1 aromatic carbocycles. The molecule has 4 nitrogen and oxygen atoms in total. The van der Waals surface area contributed by atoms with Gasteiger partial charge in [0, 0.05) is 5.02 Å². The minimum absolute atomic E-state index is 0.401. The number of halogens is 1. The molecule has 16 heavy (non-hydrogen) atoms. The van der Waals surface area contributed by atoms with Crippen LogP contribution in [-0.2, 0) is 4.74 Å². The Morgan fingerprint density at radius 3 is 2.56 bits per heavy atom. The summed E-state index contributed by atoms with van der Waals surface area (Å²) in [7, 11) is 0. The van der Waals surface area contributed by atoms with E-state index in [1.165, 1.54) is 0 Å². The van der Waals surface area contributed by atoms with Crippen LogP contribution in [-0.4, -0.2) is 11.7 Å². The Bertz CT molecular complexity index is 399. The summed E-state index contributed by atoms with van der Waals surface area (Å²) >= 11 is 5.74. The fourth-order valence-corrected chi connectivity index (χ4v) is 1.24. The molecule has 0 spiro atoms. The first kappa shape index (κ1) is 12.6. The second kappa shape index (κ2) is 4.61. The van der Waals surface area contributed by atoms with Crippen molar-refractivity contribution < 1.29 is 9.53 Å². The number of rotatable bonds is 1. The van der Waals surface area contributed by atoms with Crippen LogP contribution in [0.5, 0.6) is 0 Å². The van der Waals surface area contributed by atoms with E-state index >= 15 is 0 Å². The van der Waals surface area contributed by atoms with E-state index in [4.69, 9.17) is 22.1 Å². The van der Waals surface area contributed by atoms with Crippen molar-refractivity contribution in [1.82, 2.24) is 0 Å². The Morgan fingerprint density at radius 1 is 1.44 bits per heavy atom. The van der Waals surface area contributed by atoms with Crippen LogP contribution in [0.15, 0.2) is 18.2 Å². The Hall–Kier alpha value is -1.42. The van der Waals surface area contributed by atoms with Crippen LogP contribution in [0.2, 0.25) is 5.02 Å². The summed E-state index contributed by atoms with van der Waals surface area (Å²) in [5, 5.41) is 3.07. The van der Waals surface area contributed by atoms with Crippen molar-refractivity contribution in [1.29, 1.82) is 0 Å². The molecule has 1 rings (SSSR count). The number of carbonyl (C=O) groups excluding carboxylic acids is 1. The Labute approximate surface area is 99.7 Å². The van der Waals surface area contributed by atoms with Gasteiger partial charge in [-0.3, -0.25) is 5.32 Å². The average molecular weight is 243 g/mol. The summed E-state index contributed by atoms with van der Waals surface area (Å²) in [4.78, 5) is 11.4. The lowest BCUT2D eigenvalue weighted by Crippen LogP contribution is -2.27. The zero-order valence-electron chi connectivity index (χ0n) is 9.50. The lowest BCUT2D eigenvalue weighted by atomic mass is 10.2. The standard InChI is InChI=1S/C11H15ClN2O2/c1-11(2,3)16-10(15)14-9-5-4-7(12)6-8(9)13/h4-6H,13H2,1-3H3,(H,14,15). The maximum absolute atomic E-state index is 11.4. The van der Waals surface area contributed by atoms with Gasteiger partial charge < -0.3 is 10.5 Å². The van der Waals surface area contributed by atoms with Crippen molar-refractivity contribution in [2.24, 2.45) is 0 Å². The predicted octanol–water partition coefficient (Wildman–Crippen LogP) is 3.27. The SMILES string of the molecule is CC(C)(C)OC(=O)Nc1ccc(Cl)cc1N. The smallest absolute Gasteiger partial charge is 0.412 e. The summed E-state index contributed by atoms with van der Waals surface area (Å²) in [6.45, 7) is 5.37. The first-order valence-electron chi connectivity index (χ1n) is 4.83. The van der Waals surface area contributed by atoms with Gasteiger partial charge >= 0.3 is 6.09 Å². The predicted molar refractivity (Wildman–Crippen MR) is 65.7 cm³/mol. The van der Waals surface area contributed by atoms with Gasteiger partial charge in [0.1, 0.15) is 5.60 Å². The monoisotopic (exact) mass is 242 g/mol. The second-order valence-electron chi connectivity index (χ2n) is 4.36. The van der Waals surface area contributed by atoms with E-state index in [1.807, 2.05) is 0 Å². The summed E-state index contributed by atoms with van der Waals surface area (Å²) in [6.07, 6.45) is -0.540. The molecule has 1 amide bonds. The third-order valence-electron chi connectivity index (χ3n) is 1.65. The van der Waals surface area contributed by atoms with Gasteiger partial charge in [-0.1, -0.05) is 11.6 Å². The van der Waals surface area contributed by atoms with Gasteiger partial charge in [0.2, 0.25) is 0 Å². The minimum atomic E-state index is -0.540. The number of ether oxygens (including phenoxy) is 1. The van der Waals surface area contributed by atoms with E-state index in [2.05, 4.69) is 5.32 Å². The number of benzene rings is 1. The summed E-state index contributed by atoms with van der Waals surface area (Å²) in [5.74, 6) is 0. The van der Waals surface area contributed by atoms with E-state index in [-0.39, 0.29) is 0 Å². The third-order valence-corrected chi connectivity index (χ3v) is 1.88. The lowest BCUT2D eigenvalue weighted by Gasteiger charge is -2.20. The van der Waals surface area contributed by atoms with E-state index < -0.39 is 11.7 Å². The Kier molecular flexibility index (Phi) is 3.65. The van der Waals surface area contributed by atoms with Crippen molar-refractivity contribution in [3.05, 3.63) is 23.2 Å². The fraction of sp³-hybridized carbons (Fsp3) is 0.364. The molecule has 0 aromatic heterocycles. The number of carbonyl (C=O) groups is 1. The van der Waals surface area contributed by atoms with Crippen LogP contribution in [0.25, 0.3) is 0 Å². The van der Waals surface area contributed by atoms with Crippen LogP contribution in [0.4, 0.5) is 16.2 Å². The fourth-order valence-electron chi connectivity index (χ4n) is 1.06. The molecule has 0 saturated carbocycles. The first-order chi connectivity index (χ1) is 7.28. The number of hydrogen-bond donors (Lipinski definition) is 2. The molecule has 0 aliphatic carbocycles. The molecule has 0 fully saturated rings. The average Bonchev–Trinajstić information content (AvgIpc) is 2.06. The van der Waals surface area contributed by atoms with Crippen molar-refractivity contribution in [2.45, 2.75) is 26.4 Å². The highest BCUT2D eigenvalue weighted by Gasteiger charge is 2.16. The Morgan fingerprint density at radius 2 is 2.06 bits per heavy atom. The first-order valence-corrected chi connectivity index (χ1v) is 5.21. The Balaban J connectivity index is 2.70. The van der Waals surface area contributed by atoms with Gasteiger partial charge in [-0.2, -0.15) is 0 Å². The molecule has 88 valence electrons. The zero-order valence-corrected chi connectivity index (χ0v) is 10.3. The molecule has 0 saturated heterocycles. The third kappa shape index (κ3) is 3.98. The molecular weight excluding hydrogens is 228 g/mol. The van der Waals surface area contributed by atoms with E-state index in [0.29, 0.717) is 16.4 Å². The summed E-state index contributed by atoms with van der Waals surface area (Å²) < 4.78 is 5.09. The number of nitrogens with one attached hydrogen (secondary N) is 1. The minimum Gasteiger partial charge on any atom is -0.444 e. The molecular formula is C11H15ClN2O2. The van der Waals surface area contributed by atoms with Gasteiger partial charge in [-0.25, -0.2) is 4.79 Å². The lowest BCUT2D eigenvalue weighted by molar-refractivity contribution is 0.0636. The normalized spacial score (nSPS) is 11.0. The van der Waals surface area contributed by atoms with Gasteiger partial charge in [0.25, 0.3) is 0 Å². The van der Waals surface area contributed by atoms with E-state index in [9.17, 15) is 4.79 Å². The van der Waals surface area contributed by atoms with Crippen molar-refractivity contribution in [2.75, 3.05) is 11.1 Å². The number of anilines is 2. The number of nitrogens with two attached hydrogens (primary N) is 1. The van der Waals surface area contributed by atoms with Crippen LogP contribution in [0.3, 0.4) is 0 Å². The van der Waals surface area contributed by atoms with Crippen LogP contribution in [0.1, 0.15) is 20.8 Å². The zero-order chi connectivity index (χ0) is 12.3. The molecule has 0 unspecified atom stereocenters. The molecule has 0 atom stereocenters. The highest BCUT2D eigenvalue weighted by atomic mass is 35.5. The van der Waals surface area contributed by atoms with Gasteiger partial charge in [0.05, 0.1) is 11.4 Å². The number of hydrogen-bond acceptors (Lipinski definition) is 3. The van der Waals surface area contributed by atoms with Crippen molar-refractivity contribution >= 4 is 29.1 Å². The van der Waals surface area contributed by atoms with Crippen LogP contribution >= 0.6 is 11.6 Å². The van der Waals surface area contributed by atoms with Crippen molar-refractivity contribution in [3.8, 4) is 0 Å². The van der Waals surface area contributed by atoms with Crippen LogP contribution in [0, 0.1) is 0 Å². The topological polar surface area (TPSA) is 64.3 Å². The molecule has 5 heteroatoms. The van der Waals surface area contributed by atoms with E-state index in [0.717, 1.165) is 0 Å². The van der Waals surface area contributed by atoms with Gasteiger partial charge in [-0.05, 0) is 39.0 Å². The summed E-state index contributed by atoms with van der Waals surface area (Å²) in [5.41, 5.74) is 6.03. The number of nitrogen functional groups attached to an aromatic ring is 1. The summed E-state index contributed by atoms with van der Waals surface area (Å²) in [6, 6.07) is 4.83. The molecule has 0 aliphatic heterocycles. The molecule has 0 aliphatic rings. The van der Waals surface area contributed by atoms with Crippen molar-refractivity contribution in [3.63, 3.8) is 0 Å². The maximum Gasteiger partial charge on any atom is 0.412 e. The largest absolute Gasteiger partial charge is 0.444 e. The maximum atomic E-state index is 11.4. The molecule has 0 bridgehead atoms. The van der Waals surface area contributed by atoms with Gasteiger partial charge in [0.15, 0.2) is 0 Å². The van der Waals surface area contributed by atoms with Gasteiger partial charge in [-0.15, -0.1) is 0 Å². The van der Waals surface area contributed by atoms with E-state index in [1.54, 1.807) is 39.0 Å². The molecule has 1 aromatic rings. The highest BCUT2D eigenvalue weighted by molar-refractivity contribution is 6.31. The van der Waals surface area contributed by atoms with Crippen LogP contribution < -0.4 is 11.1 Å². The second-order valence-corrected chi connectivity index (χ2v) is 4.79. The molecule has 3 N–H and O–H groups in total. The number of amides is 1.